The summed E-state index contributed by atoms with van der Waals surface area (Å²) in [6, 6.07) is 1.81. The van der Waals surface area contributed by atoms with Gasteiger partial charge in [0.25, 0.3) is 5.91 Å². The molecule has 0 bridgehead atoms. The summed E-state index contributed by atoms with van der Waals surface area (Å²) in [5, 5.41) is 8.12. The monoisotopic (exact) mass is 257 g/mol. The number of rotatable bonds is 5. The molecular weight excluding hydrogens is 238 g/mol. The molecule has 0 radical (unpaired) electrons. The lowest BCUT2D eigenvalue weighted by Gasteiger charge is -2.21. The van der Waals surface area contributed by atoms with Gasteiger partial charge in [-0.3, -0.25) is 4.79 Å². The van der Waals surface area contributed by atoms with E-state index in [-0.39, 0.29) is 5.91 Å². The fourth-order valence-electron chi connectivity index (χ4n) is 2.07. The normalized spacial score (nSPS) is 13.9. The van der Waals surface area contributed by atoms with Gasteiger partial charge in [0.05, 0.1) is 23.5 Å². The predicted molar refractivity (Wildman–Crippen MR) is 73.6 cm³/mol. The topological polar surface area (TPSA) is 46.1 Å². The number of carbonyl (C=O) groups is 1. The summed E-state index contributed by atoms with van der Waals surface area (Å²) in [4.78, 5) is 14.3. The highest BCUT2D eigenvalue weighted by Crippen LogP contribution is 2.30. The molecule has 0 atom stereocenters. The number of carbonyl (C=O) groups excluding carboxylic acids is 1. The molecule has 1 amide bonds. The van der Waals surface area contributed by atoms with Gasteiger partial charge >= 0.3 is 0 Å². The van der Waals surface area contributed by atoms with Crippen LogP contribution in [0.2, 0.25) is 0 Å². The lowest BCUT2D eigenvalue weighted by Crippen LogP contribution is -2.34. The van der Waals surface area contributed by atoms with E-state index in [1.165, 1.54) is 12.8 Å². The maximum Gasteiger partial charge on any atom is 0.256 e. The zero-order valence-corrected chi connectivity index (χ0v) is 11.5. The molecule has 0 N–H and O–H groups in total. The molecule has 1 fully saturated rings. The standard InChI is InChI=1S/C15H19N3O/c1-4-8-18(10-12-6-7-12)15(19)13-9-11(3)16-17-14(13)5-2/h1,9,12H,5-8,10H2,2-3H3. The van der Waals surface area contributed by atoms with Crippen molar-refractivity contribution in [1.29, 1.82) is 0 Å². The summed E-state index contributed by atoms with van der Waals surface area (Å²) in [7, 11) is 0. The van der Waals surface area contributed by atoms with Crippen molar-refractivity contribution in [2.24, 2.45) is 5.92 Å². The predicted octanol–water partition coefficient (Wildman–Crippen LogP) is 1.83. The lowest BCUT2D eigenvalue weighted by molar-refractivity contribution is 0.0767. The molecule has 0 saturated heterocycles. The summed E-state index contributed by atoms with van der Waals surface area (Å²) >= 11 is 0. The molecule has 0 aromatic carbocycles. The number of hydrogen-bond acceptors (Lipinski definition) is 3. The second-order valence-electron chi connectivity index (χ2n) is 5.03. The van der Waals surface area contributed by atoms with E-state index in [0.717, 1.165) is 17.9 Å². The minimum absolute atomic E-state index is 0.0142. The van der Waals surface area contributed by atoms with Gasteiger partial charge in [0.2, 0.25) is 0 Å². The van der Waals surface area contributed by atoms with E-state index >= 15 is 0 Å². The van der Waals surface area contributed by atoms with Crippen LogP contribution >= 0.6 is 0 Å². The molecule has 0 spiro atoms. The molecule has 0 unspecified atom stereocenters. The number of aryl methyl sites for hydroxylation is 2. The minimum Gasteiger partial charge on any atom is -0.327 e. The highest BCUT2D eigenvalue weighted by Gasteiger charge is 2.28. The van der Waals surface area contributed by atoms with E-state index in [2.05, 4.69) is 16.1 Å². The van der Waals surface area contributed by atoms with Crippen molar-refractivity contribution in [2.75, 3.05) is 13.1 Å². The molecule has 1 aliphatic carbocycles. The van der Waals surface area contributed by atoms with Gasteiger partial charge < -0.3 is 4.90 Å². The van der Waals surface area contributed by atoms with Gasteiger partial charge in [-0.15, -0.1) is 6.42 Å². The number of terminal acetylenes is 1. The largest absolute Gasteiger partial charge is 0.327 e. The number of hydrogen-bond donors (Lipinski definition) is 0. The molecule has 4 heteroatoms. The Hall–Kier alpha value is -1.89. The van der Waals surface area contributed by atoms with E-state index in [1.807, 2.05) is 19.9 Å². The van der Waals surface area contributed by atoms with Gasteiger partial charge in [-0.2, -0.15) is 10.2 Å². The fourth-order valence-corrected chi connectivity index (χ4v) is 2.07. The van der Waals surface area contributed by atoms with Gasteiger partial charge in [0.15, 0.2) is 0 Å². The van der Waals surface area contributed by atoms with Crippen molar-refractivity contribution in [2.45, 2.75) is 33.1 Å². The van der Waals surface area contributed by atoms with Crippen molar-refractivity contribution < 1.29 is 4.79 Å². The molecule has 1 saturated carbocycles. The van der Waals surface area contributed by atoms with Gasteiger partial charge in [-0.25, -0.2) is 0 Å². The smallest absolute Gasteiger partial charge is 0.256 e. The number of nitrogens with zero attached hydrogens (tertiary/aromatic N) is 3. The van der Waals surface area contributed by atoms with E-state index in [9.17, 15) is 4.79 Å². The molecule has 2 rings (SSSR count). The molecule has 1 heterocycles. The average Bonchev–Trinajstić information content (AvgIpc) is 3.21. The number of amides is 1. The van der Waals surface area contributed by atoms with Crippen LogP contribution in [-0.4, -0.2) is 34.1 Å². The second-order valence-corrected chi connectivity index (χ2v) is 5.03. The van der Waals surface area contributed by atoms with Crippen LogP contribution in [0.4, 0.5) is 0 Å². The summed E-state index contributed by atoms with van der Waals surface area (Å²) in [5.41, 5.74) is 2.15. The molecule has 0 aliphatic heterocycles. The Morgan fingerprint density at radius 2 is 2.26 bits per heavy atom. The van der Waals surface area contributed by atoms with Crippen LogP contribution in [0, 0.1) is 25.2 Å². The van der Waals surface area contributed by atoms with E-state index < -0.39 is 0 Å². The van der Waals surface area contributed by atoms with E-state index in [1.54, 1.807) is 4.90 Å². The maximum absolute atomic E-state index is 12.6. The number of aromatic nitrogens is 2. The Morgan fingerprint density at radius 3 is 2.84 bits per heavy atom. The van der Waals surface area contributed by atoms with Gasteiger partial charge in [0.1, 0.15) is 0 Å². The molecule has 1 aromatic heterocycles. The molecule has 19 heavy (non-hydrogen) atoms. The average molecular weight is 257 g/mol. The summed E-state index contributed by atoms with van der Waals surface area (Å²) in [6.45, 7) is 4.94. The maximum atomic E-state index is 12.6. The molecule has 100 valence electrons. The Balaban J connectivity index is 2.24. The third-order valence-corrected chi connectivity index (χ3v) is 3.30. The molecular formula is C15H19N3O. The molecule has 1 aliphatic rings. The third-order valence-electron chi connectivity index (χ3n) is 3.30. The van der Waals surface area contributed by atoms with Crippen LogP contribution in [0.3, 0.4) is 0 Å². The third kappa shape index (κ3) is 3.31. The van der Waals surface area contributed by atoms with Crippen molar-refractivity contribution in [3.63, 3.8) is 0 Å². The first-order valence-corrected chi connectivity index (χ1v) is 6.71. The van der Waals surface area contributed by atoms with E-state index in [4.69, 9.17) is 6.42 Å². The van der Waals surface area contributed by atoms with E-state index in [0.29, 0.717) is 24.4 Å². The molecule has 1 aromatic rings. The second kappa shape index (κ2) is 5.83. The summed E-state index contributed by atoms with van der Waals surface area (Å²) in [6.07, 6.45) is 8.46. The lowest BCUT2D eigenvalue weighted by atomic mass is 10.1. The van der Waals surface area contributed by atoms with Crippen LogP contribution in [0.15, 0.2) is 6.07 Å². The quantitative estimate of drug-likeness (QED) is 0.756. The summed E-state index contributed by atoms with van der Waals surface area (Å²) < 4.78 is 0. The van der Waals surface area contributed by atoms with Crippen molar-refractivity contribution >= 4 is 5.91 Å². The highest BCUT2D eigenvalue weighted by atomic mass is 16.2. The van der Waals surface area contributed by atoms with Gasteiger partial charge in [-0.1, -0.05) is 12.8 Å². The summed E-state index contributed by atoms with van der Waals surface area (Å²) in [5.74, 6) is 3.18. The van der Waals surface area contributed by atoms with Crippen molar-refractivity contribution in [3.05, 3.63) is 23.0 Å². The Kier molecular flexibility index (Phi) is 4.16. The fraction of sp³-hybridized carbons (Fsp3) is 0.533. The first kappa shape index (κ1) is 13.5. The first-order valence-electron chi connectivity index (χ1n) is 6.71. The van der Waals surface area contributed by atoms with Crippen LogP contribution in [0.1, 0.15) is 41.5 Å². The van der Waals surface area contributed by atoms with Crippen molar-refractivity contribution in [3.8, 4) is 12.3 Å². The first-order chi connectivity index (χ1) is 9.15. The van der Waals surface area contributed by atoms with Crippen LogP contribution in [0.5, 0.6) is 0 Å². The van der Waals surface area contributed by atoms with Gasteiger partial charge in [0, 0.05) is 6.54 Å². The van der Waals surface area contributed by atoms with Gasteiger partial charge in [-0.05, 0) is 38.2 Å². The van der Waals surface area contributed by atoms with Crippen molar-refractivity contribution in [1.82, 2.24) is 15.1 Å². The minimum atomic E-state index is -0.0142. The van der Waals surface area contributed by atoms with Crippen LogP contribution in [-0.2, 0) is 6.42 Å². The molecule has 4 nitrogen and oxygen atoms in total. The van der Waals surface area contributed by atoms with Crippen LogP contribution < -0.4 is 0 Å². The SMILES string of the molecule is C#CCN(CC1CC1)C(=O)c1cc(C)nnc1CC. The highest BCUT2D eigenvalue weighted by molar-refractivity contribution is 5.95. The Labute approximate surface area is 114 Å². The zero-order valence-electron chi connectivity index (χ0n) is 11.5. The Morgan fingerprint density at radius 1 is 1.53 bits per heavy atom. The Bertz CT molecular complexity index is 515. The zero-order chi connectivity index (χ0) is 13.8. The van der Waals surface area contributed by atoms with Crippen LogP contribution in [0.25, 0.3) is 0 Å².